The van der Waals surface area contributed by atoms with Gasteiger partial charge in [-0.1, -0.05) is 44.2 Å². The van der Waals surface area contributed by atoms with Crippen LogP contribution in [0.1, 0.15) is 171 Å². The van der Waals surface area contributed by atoms with E-state index in [-0.39, 0.29) is 58.4 Å². The number of thiazole rings is 1. The van der Waals surface area contributed by atoms with Gasteiger partial charge in [0.15, 0.2) is 5.78 Å². The van der Waals surface area contributed by atoms with Gasteiger partial charge in [0.05, 0.1) is 42.6 Å². The Hall–Kier alpha value is -6.40. The number of fused-ring (bicyclic) bond motifs is 1. The molecule has 0 bridgehead atoms. The van der Waals surface area contributed by atoms with Gasteiger partial charge in [0, 0.05) is 73.4 Å². The monoisotopic (exact) mass is 1040 g/mol. The van der Waals surface area contributed by atoms with Gasteiger partial charge in [-0.05, 0) is 121 Å². The first-order valence-electron chi connectivity index (χ1n) is 27.3. The second kappa shape index (κ2) is 24.5. The number of likely N-dealkylation sites (tertiary alicyclic amines) is 1. The highest BCUT2D eigenvalue weighted by Gasteiger charge is 2.40. The average molecular weight is 1040 g/mol. The first-order valence-corrected chi connectivity index (χ1v) is 28.2. The topological polar surface area (TPSA) is 202 Å². The van der Waals surface area contributed by atoms with Crippen molar-refractivity contribution < 1.29 is 28.7 Å². The summed E-state index contributed by atoms with van der Waals surface area (Å²) in [6.45, 7) is 8.77. The number of aromatic nitrogens is 5. The van der Waals surface area contributed by atoms with Crippen LogP contribution in [0.4, 0.5) is 5.69 Å². The fourth-order valence-electron chi connectivity index (χ4n) is 11.5. The van der Waals surface area contributed by atoms with E-state index in [1.54, 1.807) is 55.2 Å². The molecule has 3 amide bonds. The number of carbonyl (C=O) groups excluding carboxylic acids is 5. The fraction of sp³-hybridized carbons (Fsp3) is 0.544. The highest BCUT2D eigenvalue weighted by molar-refractivity contribution is 7.10. The van der Waals surface area contributed by atoms with Crippen molar-refractivity contribution in [3.05, 3.63) is 103 Å². The third kappa shape index (κ3) is 12.3. The molecule has 1 aromatic carbocycles. The molecule has 398 valence electrons. The summed E-state index contributed by atoms with van der Waals surface area (Å²) in [7, 11) is 1.74. The first kappa shape index (κ1) is 53.4. The molecule has 2 aliphatic heterocycles. The van der Waals surface area contributed by atoms with Gasteiger partial charge < -0.3 is 30.1 Å². The van der Waals surface area contributed by atoms with Crippen LogP contribution in [0.25, 0.3) is 11.0 Å². The lowest BCUT2D eigenvalue weighted by molar-refractivity contribution is -0.139. The summed E-state index contributed by atoms with van der Waals surface area (Å²) < 4.78 is 7.81. The van der Waals surface area contributed by atoms with Gasteiger partial charge in [-0.3, -0.25) is 38.3 Å². The van der Waals surface area contributed by atoms with Crippen LogP contribution in [0, 0.1) is 12.8 Å². The molecule has 75 heavy (non-hydrogen) atoms. The number of piperazine rings is 1. The van der Waals surface area contributed by atoms with Gasteiger partial charge >= 0.3 is 0 Å². The van der Waals surface area contributed by atoms with E-state index in [1.807, 2.05) is 34.2 Å². The van der Waals surface area contributed by atoms with Crippen molar-refractivity contribution in [1.29, 1.82) is 0 Å². The Morgan fingerprint density at radius 2 is 1.63 bits per heavy atom. The molecule has 2 N–H and O–H groups in total. The number of nitrogens with one attached hydrogen (secondary N) is 2. The number of Topliss-reactive ketones (excluding diaryl/α,β-unsaturated/α-hetero) is 1. The molecule has 6 heterocycles. The number of aryl methyl sites for hydroxylation is 1. The maximum Gasteiger partial charge on any atom is 0.263 e. The second-order valence-electron chi connectivity index (χ2n) is 20.9. The minimum absolute atomic E-state index is 0.0174. The Bertz CT molecular complexity index is 2920. The number of ether oxygens (including phenoxy) is 1. The van der Waals surface area contributed by atoms with Gasteiger partial charge in [-0.25, -0.2) is 15.0 Å². The zero-order valence-electron chi connectivity index (χ0n) is 44.0. The maximum atomic E-state index is 14.2. The SMILES string of the molecule is CN[C@@H](C)C(=O)N[C@H](C(=O)N1CCC[C@H]1c1nc(C(=O)c2cccc(OCCCCCC(=O)N3CCN(c4ccc(Cc5ncc6c(C)c(C(C)=O)c(=O)n(C7CCCC7)c6n5)nc4)CC3)c2)cs1)C1CCCCC1. The number of amides is 3. The molecule has 0 spiro atoms. The Kier molecular flexibility index (Phi) is 17.5. The predicted molar refractivity (Wildman–Crippen MR) is 289 cm³/mol. The Morgan fingerprint density at radius 1 is 0.853 bits per heavy atom. The molecule has 4 fully saturated rings. The number of benzene rings is 1. The number of hydrogen-bond donors (Lipinski definition) is 2. The Morgan fingerprint density at radius 3 is 2.36 bits per heavy atom. The van der Waals surface area contributed by atoms with Crippen molar-refractivity contribution in [2.75, 3.05) is 51.3 Å². The minimum Gasteiger partial charge on any atom is -0.494 e. The number of nitrogens with zero attached hydrogens (tertiary/aromatic N) is 8. The number of anilines is 1. The van der Waals surface area contributed by atoms with E-state index < -0.39 is 12.1 Å². The molecule has 2 aliphatic carbocycles. The number of ketones is 2. The molecule has 4 aliphatic rings. The average Bonchev–Trinajstić information content (AvgIpc) is 4.26. The van der Waals surface area contributed by atoms with E-state index in [9.17, 15) is 28.8 Å². The molecule has 4 aromatic heterocycles. The molecular weight excluding hydrogens is 969 g/mol. The minimum atomic E-state index is -0.583. The van der Waals surface area contributed by atoms with Gasteiger partial charge in [0.1, 0.15) is 34.0 Å². The molecule has 2 saturated heterocycles. The zero-order chi connectivity index (χ0) is 52.6. The molecule has 0 unspecified atom stereocenters. The van der Waals surface area contributed by atoms with Crippen molar-refractivity contribution >= 4 is 57.3 Å². The van der Waals surface area contributed by atoms with Crippen LogP contribution in [-0.4, -0.2) is 122 Å². The largest absolute Gasteiger partial charge is 0.494 e. The van der Waals surface area contributed by atoms with E-state index in [0.717, 1.165) is 112 Å². The lowest BCUT2D eigenvalue weighted by atomic mass is 9.83. The fourth-order valence-corrected chi connectivity index (χ4v) is 12.4. The Balaban J connectivity index is 0.703. The lowest BCUT2D eigenvalue weighted by Gasteiger charge is -2.36. The molecule has 3 atom stereocenters. The van der Waals surface area contributed by atoms with Gasteiger partial charge in [-0.15, -0.1) is 11.3 Å². The lowest BCUT2D eigenvalue weighted by Crippen LogP contribution is -2.55. The van der Waals surface area contributed by atoms with E-state index in [2.05, 4.69) is 20.5 Å². The molecule has 9 rings (SSSR count). The number of rotatable bonds is 20. The molecule has 17 nitrogen and oxygen atoms in total. The van der Waals surface area contributed by atoms with E-state index in [4.69, 9.17) is 19.7 Å². The van der Waals surface area contributed by atoms with Crippen molar-refractivity contribution in [2.45, 2.75) is 148 Å². The van der Waals surface area contributed by atoms with Gasteiger partial charge in [0.25, 0.3) is 5.56 Å². The van der Waals surface area contributed by atoms with Crippen LogP contribution in [0.2, 0.25) is 0 Å². The van der Waals surface area contributed by atoms with E-state index >= 15 is 0 Å². The van der Waals surface area contributed by atoms with Crippen LogP contribution in [0.15, 0.2) is 59.0 Å². The number of pyridine rings is 2. The molecule has 2 saturated carbocycles. The summed E-state index contributed by atoms with van der Waals surface area (Å²) >= 11 is 1.40. The highest BCUT2D eigenvalue weighted by atomic mass is 32.1. The summed E-state index contributed by atoms with van der Waals surface area (Å²) in [5.41, 5.74) is 3.78. The smallest absolute Gasteiger partial charge is 0.263 e. The summed E-state index contributed by atoms with van der Waals surface area (Å²) in [6, 6.07) is 9.96. The normalized spacial score (nSPS) is 18.3. The highest BCUT2D eigenvalue weighted by Crippen LogP contribution is 2.37. The number of unbranched alkanes of at least 4 members (excludes halogenated alkanes) is 2. The summed E-state index contributed by atoms with van der Waals surface area (Å²) in [5, 5.41) is 9.32. The van der Waals surface area contributed by atoms with Crippen molar-refractivity contribution in [3.63, 3.8) is 0 Å². The van der Waals surface area contributed by atoms with Gasteiger partial charge in [-0.2, -0.15) is 0 Å². The van der Waals surface area contributed by atoms with Crippen molar-refractivity contribution in [1.82, 2.24) is 44.9 Å². The third-order valence-corrected chi connectivity index (χ3v) is 16.9. The van der Waals surface area contributed by atoms with Gasteiger partial charge in [0.2, 0.25) is 23.5 Å². The van der Waals surface area contributed by atoms with E-state index in [0.29, 0.717) is 86.2 Å². The molecule has 0 radical (unpaired) electrons. The van der Waals surface area contributed by atoms with E-state index in [1.165, 1.54) is 18.3 Å². The van der Waals surface area contributed by atoms with Crippen molar-refractivity contribution in [2.24, 2.45) is 5.92 Å². The third-order valence-electron chi connectivity index (χ3n) is 15.9. The first-order chi connectivity index (χ1) is 36.4. The summed E-state index contributed by atoms with van der Waals surface area (Å²) in [6.07, 6.45) is 17.3. The van der Waals surface area contributed by atoms with Crippen LogP contribution in [-0.2, 0) is 20.8 Å². The summed E-state index contributed by atoms with van der Waals surface area (Å²) in [4.78, 5) is 105. The molecule has 18 heteroatoms. The van der Waals surface area contributed by atoms with Crippen LogP contribution >= 0.6 is 11.3 Å². The van der Waals surface area contributed by atoms with Crippen molar-refractivity contribution in [3.8, 4) is 5.75 Å². The van der Waals surface area contributed by atoms with Crippen LogP contribution in [0.3, 0.4) is 0 Å². The standard InChI is InChI=1S/C57H72N10O7S/c1-36-45-34-60-48(62-53(45)67(42-18-10-11-19-42)56(72)50(36)38(3)68)32-41-23-24-43(33-59-41)64-26-28-65(29-27-64)49(69)22-9-6-12-30-74-44-20-13-17-40(31-44)52(70)46-35-75-55(61-46)47-21-14-25-66(47)57(73)51(39-15-7-5-8-16-39)63-54(71)37(2)58-4/h13,17,20,23-24,31,33-35,37,39,42,47,51,58H,5-12,14-16,18-19,21-22,25-30,32H2,1-4H3,(H,63,71)/t37-,47-,51-/m0/s1. The maximum absolute atomic E-state index is 14.2. The second-order valence-corrected chi connectivity index (χ2v) is 21.8. The predicted octanol–water partition coefficient (Wildman–Crippen LogP) is 7.72. The molecular formula is C57H72N10O7S. The van der Waals surface area contributed by atoms with Crippen LogP contribution in [0.5, 0.6) is 5.75 Å². The van der Waals surface area contributed by atoms with Crippen LogP contribution < -0.4 is 25.8 Å². The quantitative estimate of drug-likeness (QED) is 0.0568. The number of hydrogen-bond acceptors (Lipinski definition) is 14. The Labute approximate surface area is 443 Å². The number of carbonyl (C=O) groups is 5. The zero-order valence-corrected chi connectivity index (χ0v) is 44.8. The summed E-state index contributed by atoms with van der Waals surface area (Å²) in [5.74, 6) is 0.730. The number of likely N-dealkylation sites (N-methyl/N-ethyl adjacent to an activating group) is 1. The molecule has 5 aromatic rings.